The SMILES string of the molecule is C1=CCC(c2ccc3ccc(-n4c5ccccc5c5c6c7ccccc7ccc6c6ccccc6c54)cc3c2)C=C1. The van der Waals surface area contributed by atoms with Gasteiger partial charge in [-0.2, -0.15) is 0 Å². The number of benzene rings is 7. The highest BCUT2D eigenvalue weighted by Crippen LogP contribution is 2.44. The third-order valence-corrected chi connectivity index (χ3v) is 9.04. The lowest BCUT2D eigenvalue weighted by atomic mass is 9.91. The third-order valence-electron chi connectivity index (χ3n) is 9.04. The minimum atomic E-state index is 0.435. The van der Waals surface area contributed by atoms with Gasteiger partial charge in [0.1, 0.15) is 0 Å². The Hall–Kier alpha value is -5.14. The van der Waals surface area contributed by atoms with Crippen molar-refractivity contribution in [1.29, 1.82) is 0 Å². The first-order chi connectivity index (χ1) is 20.3. The Morgan fingerprint density at radius 1 is 0.512 bits per heavy atom. The molecule has 1 aliphatic rings. The number of allylic oxidation sites excluding steroid dienone is 4. The maximum absolute atomic E-state index is 2.50. The van der Waals surface area contributed by atoms with E-state index in [0.29, 0.717) is 5.92 Å². The second-order valence-electron chi connectivity index (χ2n) is 11.3. The maximum atomic E-state index is 2.50. The second-order valence-corrected chi connectivity index (χ2v) is 11.3. The molecule has 1 nitrogen and oxygen atoms in total. The largest absolute Gasteiger partial charge is 0.309 e. The highest BCUT2D eigenvalue weighted by Gasteiger charge is 2.20. The summed E-state index contributed by atoms with van der Waals surface area (Å²) in [7, 11) is 0. The average Bonchev–Trinajstić information content (AvgIpc) is 3.40. The van der Waals surface area contributed by atoms with Crippen LogP contribution in [-0.2, 0) is 0 Å². The van der Waals surface area contributed by atoms with Crippen LogP contribution in [0.3, 0.4) is 0 Å². The van der Waals surface area contributed by atoms with Crippen LogP contribution in [0.2, 0.25) is 0 Å². The van der Waals surface area contributed by atoms with Crippen molar-refractivity contribution in [3.05, 3.63) is 151 Å². The molecular weight excluding hydrogens is 494 g/mol. The van der Waals surface area contributed by atoms with E-state index in [1.807, 2.05) is 0 Å². The van der Waals surface area contributed by atoms with Gasteiger partial charge in [0.15, 0.2) is 0 Å². The Morgan fingerprint density at radius 2 is 1.27 bits per heavy atom. The first kappa shape index (κ1) is 22.7. The molecule has 1 aliphatic carbocycles. The highest BCUT2D eigenvalue weighted by molar-refractivity contribution is 6.36. The Labute approximate surface area is 238 Å². The number of fused-ring (bicyclic) bond motifs is 11. The van der Waals surface area contributed by atoms with Crippen LogP contribution in [0.4, 0.5) is 0 Å². The van der Waals surface area contributed by atoms with Gasteiger partial charge in [-0.05, 0) is 62.5 Å². The van der Waals surface area contributed by atoms with Crippen LogP contribution in [0.25, 0.3) is 70.6 Å². The van der Waals surface area contributed by atoms with Gasteiger partial charge >= 0.3 is 0 Å². The number of hydrogen-bond donors (Lipinski definition) is 0. The van der Waals surface area contributed by atoms with Crippen LogP contribution in [-0.4, -0.2) is 4.57 Å². The second kappa shape index (κ2) is 8.68. The van der Waals surface area contributed by atoms with Gasteiger partial charge in [0.25, 0.3) is 0 Å². The van der Waals surface area contributed by atoms with Crippen molar-refractivity contribution in [3.63, 3.8) is 0 Å². The molecule has 1 heterocycles. The maximum Gasteiger partial charge on any atom is 0.0626 e. The molecule has 1 atom stereocenters. The van der Waals surface area contributed by atoms with Crippen LogP contribution in [0.15, 0.2) is 146 Å². The molecule has 1 heteroatoms. The summed E-state index contributed by atoms with van der Waals surface area (Å²) in [5, 5.41) is 13.0. The standard InChI is InChI=1S/C40H27N/c1-2-10-26(11-3-1)29-19-18-27-20-22-31(25-30(27)24-29)41-37-17-9-8-16-36(37)39-38-32-13-5-4-12-28(32)21-23-34(38)33-14-6-7-15-35(33)40(39)41/h1-10,12-26H,11H2. The van der Waals surface area contributed by atoms with E-state index in [9.17, 15) is 0 Å². The van der Waals surface area contributed by atoms with E-state index in [-0.39, 0.29) is 0 Å². The fourth-order valence-electron chi connectivity index (χ4n) is 7.16. The molecule has 9 rings (SSSR count). The van der Waals surface area contributed by atoms with Crippen molar-refractivity contribution in [1.82, 2.24) is 4.57 Å². The van der Waals surface area contributed by atoms with Crippen molar-refractivity contribution in [2.24, 2.45) is 0 Å². The first-order valence-corrected chi connectivity index (χ1v) is 14.5. The van der Waals surface area contributed by atoms with Crippen molar-refractivity contribution >= 4 is 64.9 Å². The minimum Gasteiger partial charge on any atom is -0.309 e. The fraction of sp³-hybridized carbons (Fsp3) is 0.0500. The quantitative estimate of drug-likeness (QED) is 0.199. The summed E-state index contributed by atoms with van der Waals surface area (Å²) in [5.41, 5.74) is 5.09. The molecule has 8 aromatic rings. The monoisotopic (exact) mass is 521 g/mol. The Kier molecular flexibility index (Phi) is 4.80. The number of rotatable bonds is 2. The summed E-state index contributed by atoms with van der Waals surface area (Å²) in [6.45, 7) is 0. The zero-order valence-corrected chi connectivity index (χ0v) is 22.6. The Morgan fingerprint density at radius 3 is 2.15 bits per heavy atom. The molecule has 192 valence electrons. The molecule has 0 amide bonds. The molecule has 0 aliphatic heterocycles. The predicted octanol–water partition coefficient (Wildman–Crippen LogP) is 11.0. The normalized spacial score (nSPS) is 15.3. The molecule has 7 aromatic carbocycles. The number of para-hydroxylation sites is 1. The topological polar surface area (TPSA) is 4.93 Å². The molecule has 0 saturated carbocycles. The minimum absolute atomic E-state index is 0.435. The van der Waals surface area contributed by atoms with Gasteiger partial charge in [-0.3, -0.25) is 0 Å². The van der Waals surface area contributed by atoms with E-state index in [0.717, 1.165) is 6.42 Å². The number of hydrogen-bond acceptors (Lipinski definition) is 0. The van der Waals surface area contributed by atoms with Crippen LogP contribution < -0.4 is 0 Å². The van der Waals surface area contributed by atoms with Gasteiger partial charge in [0.2, 0.25) is 0 Å². The summed E-state index contributed by atoms with van der Waals surface area (Å²) in [6.07, 6.45) is 9.96. The van der Waals surface area contributed by atoms with E-state index >= 15 is 0 Å². The van der Waals surface area contributed by atoms with E-state index in [4.69, 9.17) is 0 Å². The van der Waals surface area contributed by atoms with Crippen molar-refractivity contribution in [3.8, 4) is 5.69 Å². The molecule has 0 radical (unpaired) electrons. The van der Waals surface area contributed by atoms with Crippen molar-refractivity contribution < 1.29 is 0 Å². The molecule has 0 spiro atoms. The summed E-state index contributed by atoms with van der Waals surface area (Å²) in [6, 6.07) is 45.2. The van der Waals surface area contributed by atoms with Crippen molar-refractivity contribution in [2.75, 3.05) is 0 Å². The number of nitrogens with zero attached hydrogens (tertiary/aromatic N) is 1. The smallest absolute Gasteiger partial charge is 0.0626 e. The lowest BCUT2D eigenvalue weighted by Crippen LogP contribution is -1.97. The lowest BCUT2D eigenvalue weighted by Gasteiger charge is -2.16. The van der Waals surface area contributed by atoms with Gasteiger partial charge in [-0.25, -0.2) is 0 Å². The molecule has 0 bridgehead atoms. The van der Waals surface area contributed by atoms with Gasteiger partial charge in [-0.15, -0.1) is 0 Å². The van der Waals surface area contributed by atoms with Crippen LogP contribution in [0, 0.1) is 0 Å². The number of aromatic nitrogens is 1. The third kappa shape index (κ3) is 3.30. The predicted molar refractivity (Wildman–Crippen MR) is 176 cm³/mol. The van der Waals surface area contributed by atoms with Crippen LogP contribution in [0.5, 0.6) is 0 Å². The molecule has 0 N–H and O–H groups in total. The molecule has 1 aromatic heterocycles. The van der Waals surface area contributed by atoms with Crippen molar-refractivity contribution in [2.45, 2.75) is 12.3 Å². The first-order valence-electron chi connectivity index (χ1n) is 14.5. The average molecular weight is 522 g/mol. The zero-order valence-electron chi connectivity index (χ0n) is 22.6. The summed E-state index contributed by atoms with van der Waals surface area (Å²) in [5.74, 6) is 0.435. The summed E-state index contributed by atoms with van der Waals surface area (Å²) >= 11 is 0. The van der Waals surface area contributed by atoms with Gasteiger partial charge < -0.3 is 4.57 Å². The zero-order chi connectivity index (χ0) is 26.9. The van der Waals surface area contributed by atoms with E-state index in [1.165, 1.54) is 76.1 Å². The van der Waals surface area contributed by atoms with Gasteiger partial charge in [0, 0.05) is 33.2 Å². The fourth-order valence-corrected chi connectivity index (χ4v) is 7.16. The highest BCUT2D eigenvalue weighted by atomic mass is 15.0. The van der Waals surface area contributed by atoms with Gasteiger partial charge in [0.05, 0.1) is 11.0 Å². The summed E-state index contributed by atoms with van der Waals surface area (Å²) in [4.78, 5) is 0. The van der Waals surface area contributed by atoms with Gasteiger partial charge in [-0.1, -0.05) is 127 Å². The molecule has 0 saturated heterocycles. The van der Waals surface area contributed by atoms with E-state index < -0.39 is 0 Å². The molecule has 41 heavy (non-hydrogen) atoms. The van der Waals surface area contributed by atoms with E-state index in [2.05, 4.69) is 150 Å². The molecule has 1 unspecified atom stereocenters. The Bertz CT molecular complexity index is 2400. The van der Waals surface area contributed by atoms with E-state index in [1.54, 1.807) is 0 Å². The Balaban J connectivity index is 1.43. The lowest BCUT2D eigenvalue weighted by molar-refractivity contribution is 0.855. The molecular formula is C40H27N. The van der Waals surface area contributed by atoms with Crippen LogP contribution >= 0.6 is 0 Å². The summed E-state index contributed by atoms with van der Waals surface area (Å²) < 4.78 is 2.50. The van der Waals surface area contributed by atoms with Crippen LogP contribution in [0.1, 0.15) is 17.9 Å². The molecule has 0 fully saturated rings.